The van der Waals surface area contributed by atoms with E-state index >= 15 is 0 Å². The lowest BCUT2D eigenvalue weighted by Gasteiger charge is -2.32. The lowest BCUT2D eigenvalue weighted by molar-refractivity contribution is 0.733. The van der Waals surface area contributed by atoms with E-state index in [0.717, 1.165) is 42.5 Å². The van der Waals surface area contributed by atoms with Gasteiger partial charge in [0, 0.05) is 24.7 Å². The summed E-state index contributed by atoms with van der Waals surface area (Å²) in [6.07, 6.45) is 3.71. The number of anilines is 1. The second-order valence-electron chi connectivity index (χ2n) is 6.28. The summed E-state index contributed by atoms with van der Waals surface area (Å²) in [5, 5.41) is 10.7. The number of hydrogen-bond acceptors (Lipinski definition) is 3. The summed E-state index contributed by atoms with van der Waals surface area (Å²) in [6.45, 7) is 3.93. The van der Waals surface area contributed by atoms with Crippen molar-refractivity contribution in [3.63, 3.8) is 0 Å². The van der Waals surface area contributed by atoms with Gasteiger partial charge >= 0.3 is 0 Å². The summed E-state index contributed by atoms with van der Waals surface area (Å²) >= 11 is 0. The Bertz CT molecular complexity index is 953. The maximum Gasteiger partial charge on any atom is 0.103 e. The summed E-state index contributed by atoms with van der Waals surface area (Å²) in [4.78, 5) is 6.82. The van der Waals surface area contributed by atoms with Gasteiger partial charge in [0.2, 0.25) is 0 Å². The lowest BCUT2D eigenvalue weighted by Crippen LogP contribution is -2.31. The molecule has 2 aromatic carbocycles. The first-order valence-corrected chi connectivity index (χ1v) is 8.43. The Morgan fingerprint density at radius 1 is 1.17 bits per heavy atom. The predicted molar refractivity (Wildman–Crippen MR) is 97.0 cm³/mol. The fraction of sp³-hybridized carbons (Fsp3) is 0.238. The average molecular weight is 313 g/mol. The molecule has 0 aliphatic carbocycles. The molecule has 4 rings (SSSR count). The Hall–Kier alpha value is -2.86. The van der Waals surface area contributed by atoms with E-state index in [1.807, 2.05) is 0 Å². The lowest BCUT2D eigenvalue weighted by atomic mass is 9.97. The highest BCUT2D eigenvalue weighted by atomic mass is 15.1. The number of aryl methyl sites for hydroxylation is 1. The molecule has 0 bridgehead atoms. The van der Waals surface area contributed by atoms with Crippen LogP contribution in [0, 0.1) is 11.3 Å². The third-order valence-electron chi connectivity index (χ3n) is 4.88. The van der Waals surface area contributed by atoms with Crippen molar-refractivity contribution in [2.24, 2.45) is 0 Å². The molecule has 0 radical (unpaired) electrons. The van der Waals surface area contributed by atoms with Gasteiger partial charge in [0.05, 0.1) is 16.8 Å². The zero-order valence-electron chi connectivity index (χ0n) is 13.8. The molecule has 1 aromatic heterocycles. The summed E-state index contributed by atoms with van der Waals surface area (Å²) < 4.78 is 0. The molecule has 0 N–H and O–H groups in total. The molecule has 3 heteroatoms. The number of rotatable bonds is 2. The minimum absolute atomic E-state index is 0.662. The smallest absolute Gasteiger partial charge is 0.103 e. The molecular weight excluding hydrogens is 294 g/mol. The Morgan fingerprint density at radius 2 is 2.00 bits per heavy atom. The molecule has 1 aliphatic rings. The molecule has 3 nitrogen and oxygen atoms in total. The Labute approximate surface area is 142 Å². The van der Waals surface area contributed by atoms with Crippen molar-refractivity contribution in [1.29, 1.82) is 5.26 Å². The quantitative estimate of drug-likeness (QED) is 0.711. The van der Waals surface area contributed by atoms with Crippen molar-refractivity contribution in [3.8, 4) is 6.07 Å². The van der Waals surface area contributed by atoms with Crippen LogP contribution in [0.25, 0.3) is 10.9 Å². The molecule has 0 spiro atoms. The molecule has 118 valence electrons. The molecule has 0 saturated carbocycles. The van der Waals surface area contributed by atoms with Gasteiger partial charge in [0.25, 0.3) is 0 Å². The largest absolute Gasteiger partial charge is 0.365 e. The van der Waals surface area contributed by atoms with Gasteiger partial charge in [-0.2, -0.15) is 5.26 Å². The first-order valence-electron chi connectivity index (χ1n) is 8.43. The third kappa shape index (κ3) is 2.41. The zero-order valence-corrected chi connectivity index (χ0v) is 13.8. The van der Waals surface area contributed by atoms with Crippen molar-refractivity contribution in [2.75, 3.05) is 11.4 Å². The van der Waals surface area contributed by atoms with E-state index in [2.05, 4.69) is 65.3 Å². The van der Waals surface area contributed by atoms with Crippen molar-refractivity contribution < 1.29 is 0 Å². The van der Waals surface area contributed by atoms with Gasteiger partial charge in [0.15, 0.2) is 0 Å². The molecule has 1 aliphatic heterocycles. The second kappa shape index (κ2) is 5.98. The molecular formula is C21H19N3. The zero-order chi connectivity index (χ0) is 16.5. The number of fused-ring (bicyclic) bond motifs is 2. The highest BCUT2D eigenvalue weighted by Crippen LogP contribution is 2.33. The fourth-order valence-electron chi connectivity index (χ4n) is 3.55. The van der Waals surface area contributed by atoms with Crippen LogP contribution in [-0.4, -0.2) is 11.5 Å². The van der Waals surface area contributed by atoms with Crippen molar-refractivity contribution in [2.45, 2.75) is 26.3 Å². The molecule has 24 heavy (non-hydrogen) atoms. The van der Waals surface area contributed by atoms with Crippen LogP contribution < -0.4 is 4.90 Å². The number of aromatic nitrogens is 1. The van der Waals surface area contributed by atoms with E-state index in [-0.39, 0.29) is 0 Å². The van der Waals surface area contributed by atoms with Crippen LogP contribution in [0.3, 0.4) is 0 Å². The van der Waals surface area contributed by atoms with Crippen LogP contribution in [-0.2, 0) is 19.4 Å². The highest BCUT2D eigenvalue weighted by molar-refractivity contribution is 5.95. The SMILES string of the molecule is CCc1ccc2ncc(C#N)c(N3CCc4ccccc4C3)c2c1. The number of nitriles is 1. The number of nitrogens with zero attached hydrogens (tertiary/aromatic N) is 3. The van der Waals surface area contributed by atoms with Crippen LogP contribution in [0.5, 0.6) is 0 Å². The van der Waals surface area contributed by atoms with Gasteiger partial charge in [-0.05, 0) is 41.7 Å². The van der Waals surface area contributed by atoms with Crippen molar-refractivity contribution in [1.82, 2.24) is 4.98 Å². The van der Waals surface area contributed by atoms with E-state index < -0.39 is 0 Å². The minimum atomic E-state index is 0.662. The first-order chi connectivity index (χ1) is 11.8. The van der Waals surface area contributed by atoms with Gasteiger partial charge < -0.3 is 4.90 Å². The van der Waals surface area contributed by atoms with Crippen LogP contribution in [0.2, 0.25) is 0 Å². The fourth-order valence-corrected chi connectivity index (χ4v) is 3.55. The topological polar surface area (TPSA) is 39.9 Å². The Balaban J connectivity index is 1.88. The van der Waals surface area contributed by atoms with Crippen LogP contribution in [0.4, 0.5) is 5.69 Å². The summed E-state index contributed by atoms with van der Waals surface area (Å²) in [5.74, 6) is 0. The van der Waals surface area contributed by atoms with Gasteiger partial charge in [-0.3, -0.25) is 4.98 Å². The summed E-state index contributed by atoms with van der Waals surface area (Å²) in [7, 11) is 0. The molecule has 0 unspecified atom stereocenters. The van der Waals surface area contributed by atoms with Crippen LogP contribution >= 0.6 is 0 Å². The normalized spacial score (nSPS) is 13.6. The van der Waals surface area contributed by atoms with E-state index in [1.165, 1.54) is 16.7 Å². The van der Waals surface area contributed by atoms with Crippen molar-refractivity contribution in [3.05, 3.63) is 70.9 Å². The molecule has 2 heterocycles. The molecule has 3 aromatic rings. The summed E-state index contributed by atoms with van der Waals surface area (Å²) in [5.41, 5.74) is 6.70. The predicted octanol–water partition coefficient (Wildman–Crippen LogP) is 4.23. The molecule has 0 amide bonds. The van der Waals surface area contributed by atoms with Gasteiger partial charge in [0.1, 0.15) is 6.07 Å². The van der Waals surface area contributed by atoms with E-state index in [9.17, 15) is 5.26 Å². The van der Waals surface area contributed by atoms with Crippen molar-refractivity contribution >= 4 is 16.6 Å². The monoisotopic (exact) mass is 313 g/mol. The van der Waals surface area contributed by atoms with Crippen LogP contribution in [0.1, 0.15) is 29.2 Å². The molecule has 0 saturated heterocycles. The standard InChI is InChI=1S/C21H19N3/c1-2-15-7-8-20-19(11-15)21(18(12-22)13-23-20)24-10-9-16-5-3-4-6-17(16)14-24/h3-8,11,13H,2,9-10,14H2,1H3. The third-order valence-corrected chi connectivity index (χ3v) is 4.88. The maximum atomic E-state index is 9.61. The number of benzene rings is 2. The van der Waals surface area contributed by atoms with Gasteiger partial charge in [-0.1, -0.05) is 37.3 Å². The maximum absolute atomic E-state index is 9.61. The average Bonchev–Trinajstić information content (AvgIpc) is 2.66. The second-order valence-corrected chi connectivity index (χ2v) is 6.28. The Kier molecular flexibility index (Phi) is 3.66. The van der Waals surface area contributed by atoms with E-state index in [4.69, 9.17) is 0 Å². The summed E-state index contributed by atoms with van der Waals surface area (Å²) in [6, 6.07) is 17.3. The first kappa shape index (κ1) is 14.7. The molecule has 0 atom stereocenters. The Morgan fingerprint density at radius 3 is 2.79 bits per heavy atom. The van der Waals surface area contributed by atoms with Gasteiger partial charge in [-0.15, -0.1) is 0 Å². The highest BCUT2D eigenvalue weighted by Gasteiger charge is 2.21. The van der Waals surface area contributed by atoms with E-state index in [0.29, 0.717) is 5.56 Å². The van der Waals surface area contributed by atoms with E-state index in [1.54, 1.807) is 6.20 Å². The van der Waals surface area contributed by atoms with Gasteiger partial charge in [-0.25, -0.2) is 0 Å². The minimum Gasteiger partial charge on any atom is -0.365 e. The number of hydrogen-bond donors (Lipinski definition) is 0. The number of pyridine rings is 1. The molecule has 0 fully saturated rings. The van der Waals surface area contributed by atoms with Crippen LogP contribution in [0.15, 0.2) is 48.7 Å².